The lowest BCUT2D eigenvalue weighted by Gasteiger charge is -2.28. The monoisotopic (exact) mass is 562 g/mol. The van der Waals surface area contributed by atoms with Gasteiger partial charge in [-0.25, -0.2) is 0 Å². The molecule has 0 fully saturated rings. The van der Waals surface area contributed by atoms with Crippen molar-refractivity contribution in [2.45, 2.75) is 38.5 Å². The highest BCUT2D eigenvalue weighted by Gasteiger charge is 2.40. The topological polar surface area (TPSA) is 0 Å². The van der Waals surface area contributed by atoms with Gasteiger partial charge in [0.25, 0.3) is 0 Å². The third kappa shape index (κ3) is 3.23. The van der Waals surface area contributed by atoms with E-state index in [1.165, 1.54) is 88.3 Å². The van der Waals surface area contributed by atoms with Gasteiger partial charge in [-0.3, -0.25) is 0 Å². The first-order valence-electron chi connectivity index (χ1n) is 15.8. The zero-order valence-electron chi connectivity index (χ0n) is 25.7. The van der Waals surface area contributed by atoms with Gasteiger partial charge < -0.3 is 0 Å². The van der Waals surface area contributed by atoms with Crippen molar-refractivity contribution in [2.24, 2.45) is 0 Å². The minimum Gasteiger partial charge on any atom is -0.0622 e. The number of benzene rings is 7. The summed E-state index contributed by atoms with van der Waals surface area (Å²) >= 11 is 0. The summed E-state index contributed by atoms with van der Waals surface area (Å²) in [5.41, 5.74) is 16.1. The van der Waals surface area contributed by atoms with E-state index in [1.807, 2.05) is 0 Å². The molecule has 0 aromatic heterocycles. The molecule has 0 heterocycles. The van der Waals surface area contributed by atoms with Gasteiger partial charge in [0.15, 0.2) is 0 Å². The summed E-state index contributed by atoms with van der Waals surface area (Å²) in [6, 6.07) is 50.1. The maximum absolute atomic E-state index is 2.55. The van der Waals surface area contributed by atoms with E-state index in [0.29, 0.717) is 0 Å². The molecule has 2 aliphatic carbocycles. The average Bonchev–Trinajstić information content (AvgIpc) is 3.43. The first kappa shape index (κ1) is 25.5. The van der Waals surface area contributed by atoms with Crippen LogP contribution in [0.2, 0.25) is 0 Å². The zero-order chi connectivity index (χ0) is 29.8. The summed E-state index contributed by atoms with van der Waals surface area (Å²) in [5, 5.41) is 5.37. The van der Waals surface area contributed by atoms with Crippen LogP contribution in [0.1, 0.15) is 49.9 Å². The highest BCUT2D eigenvalue weighted by molar-refractivity contribution is 6.24. The number of rotatable bonds is 2. The summed E-state index contributed by atoms with van der Waals surface area (Å²) in [4.78, 5) is 0. The molecule has 0 saturated heterocycles. The van der Waals surface area contributed by atoms with Crippen molar-refractivity contribution in [3.8, 4) is 44.5 Å². The van der Waals surface area contributed by atoms with Gasteiger partial charge in [0, 0.05) is 10.8 Å². The molecule has 2 aliphatic rings. The van der Waals surface area contributed by atoms with Crippen LogP contribution in [-0.4, -0.2) is 0 Å². The number of hydrogen-bond donors (Lipinski definition) is 0. The smallest absolute Gasteiger partial charge is 0.0165 e. The minimum atomic E-state index is -0.136. The van der Waals surface area contributed by atoms with Crippen molar-refractivity contribution < 1.29 is 0 Å². The minimum absolute atomic E-state index is 0.0793. The molecule has 0 unspecified atom stereocenters. The molecule has 0 radical (unpaired) electrons. The van der Waals surface area contributed by atoms with E-state index in [9.17, 15) is 0 Å². The van der Waals surface area contributed by atoms with Gasteiger partial charge in [0.05, 0.1) is 0 Å². The molecule has 44 heavy (non-hydrogen) atoms. The maximum atomic E-state index is 2.55. The molecule has 0 bridgehead atoms. The maximum Gasteiger partial charge on any atom is 0.0165 e. The van der Waals surface area contributed by atoms with E-state index >= 15 is 0 Å². The molecule has 0 amide bonds. The number of hydrogen-bond acceptors (Lipinski definition) is 0. The normalized spacial score (nSPS) is 15.2. The highest BCUT2D eigenvalue weighted by atomic mass is 14.4. The molecule has 0 atom stereocenters. The summed E-state index contributed by atoms with van der Waals surface area (Å²) in [6.07, 6.45) is 0. The Morgan fingerprint density at radius 2 is 0.886 bits per heavy atom. The van der Waals surface area contributed by atoms with Crippen molar-refractivity contribution in [2.75, 3.05) is 0 Å². The fourth-order valence-electron chi connectivity index (χ4n) is 8.60. The summed E-state index contributed by atoms with van der Waals surface area (Å²) in [6.45, 7) is 9.62. The van der Waals surface area contributed by atoms with E-state index in [-0.39, 0.29) is 10.8 Å². The van der Waals surface area contributed by atoms with Crippen LogP contribution in [0.15, 0.2) is 133 Å². The van der Waals surface area contributed by atoms with Crippen LogP contribution in [-0.2, 0) is 10.8 Å². The zero-order valence-corrected chi connectivity index (χ0v) is 25.7. The van der Waals surface area contributed by atoms with Crippen LogP contribution >= 0.6 is 0 Å². The Morgan fingerprint density at radius 3 is 1.55 bits per heavy atom. The van der Waals surface area contributed by atoms with Crippen molar-refractivity contribution in [1.29, 1.82) is 0 Å². The lowest BCUT2D eigenvalue weighted by molar-refractivity contribution is 0.661. The van der Waals surface area contributed by atoms with Crippen LogP contribution in [0.3, 0.4) is 0 Å². The Kier molecular flexibility index (Phi) is 5.11. The molecule has 210 valence electrons. The molecule has 7 aromatic rings. The third-order valence-corrected chi connectivity index (χ3v) is 10.6. The molecule has 0 nitrogen and oxygen atoms in total. The lowest BCUT2D eigenvalue weighted by Crippen LogP contribution is -2.16. The molecular formula is C44H34. The van der Waals surface area contributed by atoms with E-state index in [2.05, 4.69) is 161 Å². The van der Waals surface area contributed by atoms with E-state index in [0.717, 1.165) is 0 Å². The first-order chi connectivity index (χ1) is 21.4. The van der Waals surface area contributed by atoms with Crippen molar-refractivity contribution in [1.82, 2.24) is 0 Å². The Labute approximate surface area is 259 Å². The van der Waals surface area contributed by atoms with E-state index in [4.69, 9.17) is 0 Å². The Bertz CT molecular complexity index is 2290. The average molecular weight is 563 g/mol. The fourth-order valence-corrected chi connectivity index (χ4v) is 8.60. The van der Waals surface area contributed by atoms with Gasteiger partial charge in [-0.2, -0.15) is 0 Å². The Morgan fingerprint density at radius 1 is 0.364 bits per heavy atom. The van der Waals surface area contributed by atoms with Gasteiger partial charge >= 0.3 is 0 Å². The molecule has 9 rings (SSSR count). The first-order valence-corrected chi connectivity index (χ1v) is 15.8. The summed E-state index contributed by atoms with van der Waals surface area (Å²) in [5.74, 6) is 0. The molecule has 0 heteroatoms. The molecule has 0 aliphatic heterocycles. The molecule has 7 aromatic carbocycles. The van der Waals surface area contributed by atoms with Crippen LogP contribution in [0, 0.1) is 0 Å². The van der Waals surface area contributed by atoms with E-state index in [1.54, 1.807) is 0 Å². The second kappa shape index (κ2) is 8.80. The van der Waals surface area contributed by atoms with Crippen LogP contribution in [0.25, 0.3) is 66.1 Å². The number of fused-ring (bicyclic) bond motifs is 9. The molecule has 0 N–H and O–H groups in total. The van der Waals surface area contributed by atoms with Gasteiger partial charge in [-0.05, 0) is 100 Å². The molecule has 0 saturated carbocycles. The SMILES string of the molecule is CC1(C)c2ccccc2-c2cc3c(-c4ccccc4)c4ccc5c(c4c(-c4ccccc4)c3cc21)C(C)(C)c1ccccc1-5. The van der Waals surface area contributed by atoms with Crippen LogP contribution < -0.4 is 0 Å². The van der Waals surface area contributed by atoms with Crippen molar-refractivity contribution in [3.63, 3.8) is 0 Å². The molecular weight excluding hydrogens is 528 g/mol. The predicted octanol–water partition coefficient (Wildman–Crippen LogP) is 11.9. The van der Waals surface area contributed by atoms with Gasteiger partial charge in [-0.1, -0.05) is 149 Å². The fraction of sp³-hybridized carbons (Fsp3) is 0.136. The van der Waals surface area contributed by atoms with Crippen molar-refractivity contribution >= 4 is 21.5 Å². The second-order valence-electron chi connectivity index (χ2n) is 13.7. The summed E-state index contributed by atoms with van der Waals surface area (Å²) in [7, 11) is 0. The summed E-state index contributed by atoms with van der Waals surface area (Å²) < 4.78 is 0. The van der Waals surface area contributed by atoms with E-state index < -0.39 is 0 Å². The van der Waals surface area contributed by atoms with Gasteiger partial charge in [-0.15, -0.1) is 0 Å². The quantitative estimate of drug-likeness (QED) is 0.184. The van der Waals surface area contributed by atoms with Gasteiger partial charge in [0.2, 0.25) is 0 Å². The molecule has 0 spiro atoms. The highest BCUT2D eigenvalue weighted by Crippen LogP contribution is 2.57. The van der Waals surface area contributed by atoms with Crippen LogP contribution in [0.5, 0.6) is 0 Å². The standard InChI is InChI=1S/C44H34/c1-43(2)36-21-13-12-20-30(36)33-25-34-35(26-38(33)43)40(28-17-9-6-10-18-28)41-32(39(34)27-15-7-5-8-16-27)24-23-31-29-19-11-14-22-37(29)44(3,4)42(31)41/h5-26H,1-4H3. The largest absolute Gasteiger partial charge is 0.0622 e. The Hall–Kier alpha value is -4.94. The Balaban J connectivity index is 1.55. The third-order valence-electron chi connectivity index (χ3n) is 10.6. The van der Waals surface area contributed by atoms with Crippen LogP contribution in [0.4, 0.5) is 0 Å². The lowest BCUT2D eigenvalue weighted by atomic mass is 9.75. The predicted molar refractivity (Wildman–Crippen MR) is 187 cm³/mol. The second-order valence-corrected chi connectivity index (χ2v) is 13.7. The van der Waals surface area contributed by atoms with Gasteiger partial charge in [0.1, 0.15) is 0 Å². The van der Waals surface area contributed by atoms with Crippen molar-refractivity contribution in [3.05, 3.63) is 156 Å².